The monoisotopic (exact) mass is 353 g/mol. The molecule has 2 N–H and O–H groups in total. The number of thiophene rings is 1. The van der Waals surface area contributed by atoms with Gasteiger partial charge in [-0.15, -0.1) is 11.3 Å². The van der Waals surface area contributed by atoms with Crippen LogP contribution < -0.4 is 15.4 Å². The number of carbonyl (C=O) groups is 1. The summed E-state index contributed by atoms with van der Waals surface area (Å²) in [5.41, 5.74) is 2.50. The lowest BCUT2D eigenvalue weighted by molar-refractivity contribution is -0.111. The second kappa shape index (κ2) is 7.97. The predicted molar refractivity (Wildman–Crippen MR) is 99.7 cm³/mol. The average Bonchev–Trinajstić information content (AvgIpc) is 2.98. The Hall–Kier alpha value is -2.62. The molecule has 1 aromatic heterocycles. The second-order valence-electron chi connectivity index (χ2n) is 5.54. The number of amides is 1. The molecule has 0 aliphatic carbocycles. The summed E-state index contributed by atoms with van der Waals surface area (Å²) in [4.78, 5) is 13.4. The molecule has 2 aromatic rings. The topological polar surface area (TPSA) is 74.1 Å². The van der Waals surface area contributed by atoms with Crippen LogP contribution in [-0.4, -0.2) is 19.1 Å². The number of rotatable bonds is 5. The van der Waals surface area contributed by atoms with Crippen molar-refractivity contribution >= 4 is 28.3 Å². The SMILES string of the molecule is CCOc1ccccc1C=CC(=O)Nc1sc2c(c1C#N)CCNC2. The Labute approximate surface area is 150 Å². The summed E-state index contributed by atoms with van der Waals surface area (Å²) in [5, 5.41) is 16.2. The third-order valence-corrected chi connectivity index (χ3v) is 5.06. The van der Waals surface area contributed by atoms with Gasteiger partial charge >= 0.3 is 0 Å². The van der Waals surface area contributed by atoms with E-state index in [1.807, 2.05) is 31.2 Å². The molecule has 1 amide bonds. The third kappa shape index (κ3) is 3.90. The molecule has 0 fully saturated rings. The van der Waals surface area contributed by atoms with Crippen molar-refractivity contribution in [1.82, 2.24) is 5.32 Å². The molecule has 1 aliphatic rings. The van der Waals surface area contributed by atoms with E-state index in [4.69, 9.17) is 4.74 Å². The standard InChI is InChI=1S/C19H19N3O2S/c1-2-24-16-6-4-3-5-13(16)7-8-18(23)22-19-15(11-20)14-9-10-21-12-17(14)25-19/h3-8,21H,2,9-10,12H2,1H3,(H,22,23). The first-order valence-electron chi connectivity index (χ1n) is 8.19. The highest BCUT2D eigenvalue weighted by molar-refractivity contribution is 7.16. The zero-order valence-electron chi connectivity index (χ0n) is 14.0. The molecule has 5 nitrogen and oxygen atoms in total. The minimum Gasteiger partial charge on any atom is -0.493 e. The first-order chi connectivity index (χ1) is 12.2. The van der Waals surface area contributed by atoms with Crippen LogP contribution in [0.4, 0.5) is 5.00 Å². The van der Waals surface area contributed by atoms with E-state index in [2.05, 4.69) is 16.7 Å². The van der Waals surface area contributed by atoms with E-state index in [0.29, 0.717) is 17.2 Å². The number of hydrogen-bond acceptors (Lipinski definition) is 5. The first kappa shape index (κ1) is 17.2. The summed E-state index contributed by atoms with van der Waals surface area (Å²) in [6.07, 6.45) is 4.01. The van der Waals surface area contributed by atoms with Gasteiger partial charge in [-0.1, -0.05) is 18.2 Å². The molecule has 0 unspecified atom stereocenters. The summed E-state index contributed by atoms with van der Waals surface area (Å²) in [6, 6.07) is 9.79. The minimum atomic E-state index is -0.255. The van der Waals surface area contributed by atoms with Crippen molar-refractivity contribution in [2.24, 2.45) is 0 Å². The van der Waals surface area contributed by atoms with E-state index in [1.165, 1.54) is 17.4 Å². The van der Waals surface area contributed by atoms with Crippen molar-refractivity contribution in [1.29, 1.82) is 5.26 Å². The molecule has 1 aromatic carbocycles. The summed E-state index contributed by atoms with van der Waals surface area (Å²) >= 11 is 1.47. The maximum absolute atomic E-state index is 12.3. The normalized spacial score (nSPS) is 13.3. The number of fused-ring (bicyclic) bond motifs is 1. The first-order valence-corrected chi connectivity index (χ1v) is 9.00. The molecule has 25 heavy (non-hydrogen) atoms. The lowest BCUT2D eigenvalue weighted by Crippen LogP contribution is -2.22. The molecular weight excluding hydrogens is 334 g/mol. The van der Waals surface area contributed by atoms with Crippen molar-refractivity contribution in [2.45, 2.75) is 19.9 Å². The molecule has 3 rings (SSSR count). The maximum Gasteiger partial charge on any atom is 0.249 e. The molecule has 0 atom stereocenters. The van der Waals surface area contributed by atoms with Crippen molar-refractivity contribution < 1.29 is 9.53 Å². The number of para-hydroxylation sites is 1. The lowest BCUT2D eigenvalue weighted by atomic mass is 10.1. The molecule has 0 radical (unpaired) electrons. The van der Waals surface area contributed by atoms with E-state index in [9.17, 15) is 10.1 Å². The Bertz CT molecular complexity index is 849. The van der Waals surface area contributed by atoms with Crippen LogP contribution >= 0.6 is 11.3 Å². The van der Waals surface area contributed by atoms with Crippen LogP contribution in [-0.2, 0) is 17.8 Å². The van der Waals surface area contributed by atoms with Crippen LogP contribution in [0.5, 0.6) is 5.75 Å². The second-order valence-corrected chi connectivity index (χ2v) is 6.65. The highest BCUT2D eigenvalue weighted by Gasteiger charge is 2.21. The van der Waals surface area contributed by atoms with Gasteiger partial charge in [0.2, 0.25) is 5.91 Å². The molecule has 1 aliphatic heterocycles. The fraction of sp³-hybridized carbons (Fsp3) is 0.263. The predicted octanol–water partition coefficient (Wildman–Crippen LogP) is 3.32. The Morgan fingerprint density at radius 2 is 2.32 bits per heavy atom. The summed E-state index contributed by atoms with van der Waals surface area (Å²) < 4.78 is 5.55. The summed E-state index contributed by atoms with van der Waals surface area (Å²) in [5.74, 6) is 0.485. The van der Waals surface area contributed by atoms with Crippen molar-refractivity contribution in [3.63, 3.8) is 0 Å². The zero-order valence-corrected chi connectivity index (χ0v) is 14.8. The number of anilines is 1. The van der Waals surface area contributed by atoms with E-state index in [1.54, 1.807) is 6.08 Å². The minimum absolute atomic E-state index is 0.255. The van der Waals surface area contributed by atoms with Gasteiger partial charge in [0.15, 0.2) is 0 Å². The molecule has 0 spiro atoms. The molecule has 0 saturated heterocycles. The number of ether oxygens (including phenoxy) is 1. The van der Waals surface area contributed by atoms with Crippen LogP contribution in [0.3, 0.4) is 0 Å². The number of carbonyl (C=O) groups excluding carboxylic acids is 1. The van der Waals surface area contributed by atoms with Gasteiger partial charge in [-0.2, -0.15) is 5.26 Å². The highest BCUT2D eigenvalue weighted by Crippen LogP contribution is 2.34. The van der Waals surface area contributed by atoms with E-state index < -0.39 is 0 Å². The van der Waals surface area contributed by atoms with E-state index >= 15 is 0 Å². The average molecular weight is 353 g/mol. The molecule has 0 bridgehead atoms. The lowest BCUT2D eigenvalue weighted by Gasteiger charge is -2.11. The van der Waals surface area contributed by atoms with Gasteiger partial charge in [0, 0.05) is 23.1 Å². The smallest absolute Gasteiger partial charge is 0.249 e. The summed E-state index contributed by atoms with van der Waals surface area (Å²) in [6.45, 7) is 4.10. The number of nitrogens with one attached hydrogen (secondary N) is 2. The van der Waals surface area contributed by atoms with Gasteiger partial charge in [0.05, 0.1) is 12.2 Å². The van der Waals surface area contributed by atoms with Crippen molar-refractivity contribution in [3.8, 4) is 11.8 Å². The maximum atomic E-state index is 12.3. The number of nitriles is 1. The Kier molecular flexibility index (Phi) is 5.49. The van der Waals surface area contributed by atoms with Crippen molar-refractivity contribution in [2.75, 3.05) is 18.5 Å². The molecule has 6 heteroatoms. The fourth-order valence-electron chi connectivity index (χ4n) is 2.77. The number of nitrogens with zero attached hydrogens (tertiary/aromatic N) is 1. The number of hydrogen-bond donors (Lipinski definition) is 2. The Morgan fingerprint density at radius 1 is 1.48 bits per heavy atom. The van der Waals surface area contributed by atoms with Crippen LogP contribution in [0, 0.1) is 11.3 Å². The Morgan fingerprint density at radius 3 is 3.12 bits per heavy atom. The van der Waals surface area contributed by atoms with Gasteiger partial charge in [0.25, 0.3) is 0 Å². The van der Waals surface area contributed by atoms with Crippen LogP contribution in [0.2, 0.25) is 0 Å². The van der Waals surface area contributed by atoms with Gasteiger partial charge in [-0.3, -0.25) is 4.79 Å². The van der Waals surface area contributed by atoms with Gasteiger partial charge in [-0.25, -0.2) is 0 Å². The molecular formula is C19H19N3O2S. The van der Waals surface area contributed by atoms with Crippen LogP contribution in [0.15, 0.2) is 30.3 Å². The molecule has 0 saturated carbocycles. The third-order valence-electron chi connectivity index (χ3n) is 3.91. The largest absolute Gasteiger partial charge is 0.493 e. The number of benzene rings is 1. The Balaban J connectivity index is 1.75. The molecule has 128 valence electrons. The van der Waals surface area contributed by atoms with E-state index in [-0.39, 0.29) is 5.91 Å². The van der Waals surface area contributed by atoms with Crippen LogP contribution in [0.1, 0.15) is 28.5 Å². The van der Waals surface area contributed by atoms with Gasteiger partial charge < -0.3 is 15.4 Å². The van der Waals surface area contributed by atoms with Crippen molar-refractivity contribution in [3.05, 3.63) is 51.9 Å². The quantitative estimate of drug-likeness (QED) is 0.809. The van der Waals surface area contributed by atoms with Gasteiger partial charge in [0.1, 0.15) is 16.8 Å². The van der Waals surface area contributed by atoms with E-state index in [0.717, 1.165) is 41.3 Å². The van der Waals surface area contributed by atoms with Gasteiger partial charge in [-0.05, 0) is 37.6 Å². The molecule has 2 heterocycles. The fourth-order valence-corrected chi connectivity index (χ4v) is 3.94. The highest BCUT2D eigenvalue weighted by atomic mass is 32.1. The van der Waals surface area contributed by atoms with Crippen LogP contribution in [0.25, 0.3) is 6.08 Å². The zero-order chi connectivity index (χ0) is 17.6. The summed E-state index contributed by atoms with van der Waals surface area (Å²) in [7, 11) is 0.